The summed E-state index contributed by atoms with van der Waals surface area (Å²) in [5.41, 5.74) is 9.06. The molecule has 0 aliphatic rings. The number of thiophene rings is 1. The van der Waals surface area contributed by atoms with Gasteiger partial charge in [-0.3, -0.25) is 0 Å². The average Bonchev–Trinajstić information content (AvgIpc) is 3.64. The number of rotatable bonds is 4. The number of hydrogen-bond donors (Lipinski definition) is 1. The van der Waals surface area contributed by atoms with Gasteiger partial charge in [-0.1, -0.05) is 91.0 Å². The van der Waals surface area contributed by atoms with E-state index in [4.69, 9.17) is 4.98 Å². The van der Waals surface area contributed by atoms with Crippen molar-refractivity contribution in [2.24, 2.45) is 0 Å². The van der Waals surface area contributed by atoms with Crippen LogP contribution in [0.4, 0.5) is 0 Å². The second kappa shape index (κ2) is 10.2. The van der Waals surface area contributed by atoms with Gasteiger partial charge >= 0.3 is 0 Å². The normalized spacial score (nSPS) is 11.6. The summed E-state index contributed by atoms with van der Waals surface area (Å²) in [6.45, 7) is 0. The summed E-state index contributed by atoms with van der Waals surface area (Å²) in [5.74, 6) is 0.221. The lowest BCUT2D eigenvalue weighted by molar-refractivity contribution is 0.477. The molecule has 9 aromatic rings. The topological polar surface area (TPSA) is 38.0 Å². The first-order valence-corrected chi connectivity index (χ1v) is 15.8. The summed E-state index contributed by atoms with van der Waals surface area (Å²) < 4.78 is 4.94. The standard InChI is InChI=1S/C41H26N2OS/c44-39-21-7-3-14-34(39)36-18-10-17-35(42-36)27-23-26(29-15-9-16-33-32-13-4-8-22-40(32)45-41(29)33)24-28(25-27)43-37-19-5-1-11-30(37)31-12-2-6-20-38(31)43/h1-25,44H. The van der Waals surface area contributed by atoms with Gasteiger partial charge in [-0.05, 0) is 71.8 Å². The first kappa shape index (κ1) is 25.8. The van der Waals surface area contributed by atoms with Gasteiger partial charge in [0.15, 0.2) is 0 Å². The maximum atomic E-state index is 10.6. The highest BCUT2D eigenvalue weighted by Crippen LogP contribution is 2.42. The van der Waals surface area contributed by atoms with Crippen molar-refractivity contribution in [3.05, 3.63) is 152 Å². The average molecular weight is 595 g/mol. The summed E-state index contributed by atoms with van der Waals surface area (Å²) in [6, 6.07) is 52.7. The van der Waals surface area contributed by atoms with E-state index in [1.165, 1.54) is 36.5 Å². The fourth-order valence-electron chi connectivity index (χ4n) is 6.65. The van der Waals surface area contributed by atoms with Gasteiger partial charge in [-0.2, -0.15) is 0 Å². The zero-order valence-electron chi connectivity index (χ0n) is 24.2. The number of nitrogens with zero attached hydrogens (tertiary/aromatic N) is 2. The molecule has 212 valence electrons. The van der Waals surface area contributed by atoms with Crippen LogP contribution in [0.15, 0.2) is 152 Å². The van der Waals surface area contributed by atoms with Gasteiger partial charge in [0.05, 0.1) is 22.4 Å². The number of pyridine rings is 1. The maximum Gasteiger partial charge on any atom is 0.124 e. The SMILES string of the molecule is Oc1ccccc1-c1cccc(-c2cc(-c3cccc4c3sc3ccccc34)cc(-n3c4ccccc4c4ccccc43)c2)n1. The highest BCUT2D eigenvalue weighted by Gasteiger charge is 2.17. The van der Waals surface area contributed by atoms with E-state index in [1.807, 2.05) is 41.7 Å². The van der Waals surface area contributed by atoms with Crippen molar-refractivity contribution in [3.8, 4) is 45.1 Å². The Kier molecular flexibility index (Phi) is 5.83. The van der Waals surface area contributed by atoms with Crippen LogP contribution >= 0.6 is 11.3 Å². The third-order valence-corrected chi connectivity index (χ3v) is 9.92. The van der Waals surface area contributed by atoms with E-state index in [0.29, 0.717) is 5.56 Å². The first-order chi connectivity index (χ1) is 22.2. The molecule has 45 heavy (non-hydrogen) atoms. The molecule has 3 aromatic heterocycles. The number of fused-ring (bicyclic) bond motifs is 6. The molecule has 4 heteroatoms. The van der Waals surface area contributed by atoms with Crippen molar-refractivity contribution < 1.29 is 5.11 Å². The van der Waals surface area contributed by atoms with Crippen LogP contribution in [0.25, 0.3) is 81.3 Å². The Bertz CT molecular complexity index is 2520. The minimum Gasteiger partial charge on any atom is -0.507 e. The van der Waals surface area contributed by atoms with E-state index in [2.05, 4.69) is 120 Å². The van der Waals surface area contributed by atoms with Gasteiger partial charge in [0.2, 0.25) is 0 Å². The van der Waals surface area contributed by atoms with Gasteiger partial charge in [-0.15, -0.1) is 11.3 Å². The quantitative estimate of drug-likeness (QED) is 0.220. The highest BCUT2D eigenvalue weighted by atomic mass is 32.1. The minimum atomic E-state index is 0.221. The number of phenols is 1. The second-order valence-electron chi connectivity index (χ2n) is 11.3. The Labute approximate surface area is 263 Å². The van der Waals surface area contributed by atoms with E-state index in [0.717, 1.165) is 39.2 Å². The number of aromatic hydroxyl groups is 1. The van der Waals surface area contributed by atoms with Gasteiger partial charge in [0, 0.05) is 47.8 Å². The van der Waals surface area contributed by atoms with E-state index in [-0.39, 0.29) is 5.75 Å². The maximum absolute atomic E-state index is 10.6. The van der Waals surface area contributed by atoms with E-state index < -0.39 is 0 Å². The number of aromatic nitrogens is 2. The molecule has 6 aromatic carbocycles. The Morgan fingerprint density at radius 1 is 0.489 bits per heavy atom. The minimum absolute atomic E-state index is 0.221. The first-order valence-electron chi connectivity index (χ1n) is 15.0. The Morgan fingerprint density at radius 2 is 1.09 bits per heavy atom. The van der Waals surface area contributed by atoms with E-state index in [1.54, 1.807) is 6.07 Å². The van der Waals surface area contributed by atoms with Crippen LogP contribution in [-0.4, -0.2) is 14.7 Å². The van der Waals surface area contributed by atoms with Crippen molar-refractivity contribution in [1.29, 1.82) is 0 Å². The highest BCUT2D eigenvalue weighted by molar-refractivity contribution is 7.26. The zero-order valence-corrected chi connectivity index (χ0v) is 25.0. The largest absolute Gasteiger partial charge is 0.507 e. The predicted molar refractivity (Wildman–Crippen MR) is 189 cm³/mol. The van der Waals surface area contributed by atoms with E-state index >= 15 is 0 Å². The zero-order chi connectivity index (χ0) is 29.9. The molecule has 0 bridgehead atoms. The van der Waals surface area contributed by atoms with Gasteiger partial charge in [-0.25, -0.2) is 4.98 Å². The van der Waals surface area contributed by atoms with Crippen molar-refractivity contribution in [3.63, 3.8) is 0 Å². The Hall–Kier alpha value is -5.71. The molecule has 0 fully saturated rings. The van der Waals surface area contributed by atoms with Crippen LogP contribution in [0.2, 0.25) is 0 Å². The van der Waals surface area contributed by atoms with Crippen molar-refractivity contribution in [2.45, 2.75) is 0 Å². The van der Waals surface area contributed by atoms with Gasteiger partial charge in [0.1, 0.15) is 5.75 Å². The monoisotopic (exact) mass is 594 g/mol. The van der Waals surface area contributed by atoms with E-state index in [9.17, 15) is 5.11 Å². The summed E-state index contributed by atoms with van der Waals surface area (Å²) in [7, 11) is 0. The summed E-state index contributed by atoms with van der Waals surface area (Å²) >= 11 is 1.84. The van der Waals surface area contributed by atoms with Crippen LogP contribution < -0.4 is 0 Å². The molecule has 3 heterocycles. The summed E-state index contributed by atoms with van der Waals surface area (Å²) in [6.07, 6.45) is 0. The molecular formula is C41H26N2OS. The molecule has 0 aliphatic carbocycles. The Balaban J connectivity index is 1.34. The number of para-hydroxylation sites is 3. The number of benzene rings is 6. The number of hydrogen-bond acceptors (Lipinski definition) is 3. The molecule has 0 aliphatic heterocycles. The molecule has 0 unspecified atom stereocenters. The molecule has 9 rings (SSSR count). The summed E-state index contributed by atoms with van der Waals surface area (Å²) in [5, 5.41) is 15.6. The lowest BCUT2D eigenvalue weighted by Crippen LogP contribution is -1.97. The van der Waals surface area contributed by atoms with Crippen molar-refractivity contribution in [1.82, 2.24) is 9.55 Å². The van der Waals surface area contributed by atoms with Gasteiger partial charge < -0.3 is 9.67 Å². The molecule has 0 saturated carbocycles. The van der Waals surface area contributed by atoms with Crippen molar-refractivity contribution in [2.75, 3.05) is 0 Å². The van der Waals surface area contributed by atoms with Crippen molar-refractivity contribution >= 4 is 53.3 Å². The van der Waals surface area contributed by atoms with Gasteiger partial charge in [0.25, 0.3) is 0 Å². The van der Waals surface area contributed by atoms with Crippen LogP contribution in [0, 0.1) is 0 Å². The number of phenolic OH excluding ortho intramolecular Hbond substituents is 1. The third-order valence-electron chi connectivity index (χ3n) is 8.70. The fourth-order valence-corrected chi connectivity index (χ4v) is 7.89. The van der Waals surface area contributed by atoms with Crippen LogP contribution in [-0.2, 0) is 0 Å². The Morgan fingerprint density at radius 3 is 1.89 bits per heavy atom. The van der Waals surface area contributed by atoms with Crippen LogP contribution in [0.5, 0.6) is 5.75 Å². The second-order valence-corrected chi connectivity index (χ2v) is 12.4. The predicted octanol–water partition coefficient (Wildman–Crippen LogP) is 11.3. The molecular weight excluding hydrogens is 569 g/mol. The molecule has 1 N–H and O–H groups in total. The van der Waals surface area contributed by atoms with Crippen LogP contribution in [0.1, 0.15) is 0 Å². The molecule has 0 radical (unpaired) electrons. The lowest BCUT2D eigenvalue weighted by atomic mass is 9.98. The molecule has 0 amide bonds. The molecule has 0 spiro atoms. The molecule has 0 atom stereocenters. The molecule has 0 saturated heterocycles. The lowest BCUT2D eigenvalue weighted by Gasteiger charge is -2.15. The van der Waals surface area contributed by atoms with Crippen LogP contribution in [0.3, 0.4) is 0 Å². The summed E-state index contributed by atoms with van der Waals surface area (Å²) in [4.78, 5) is 5.09. The third kappa shape index (κ3) is 4.15. The smallest absolute Gasteiger partial charge is 0.124 e. The fraction of sp³-hybridized carbons (Fsp3) is 0. The molecule has 3 nitrogen and oxygen atoms in total.